The van der Waals surface area contributed by atoms with Gasteiger partial charge in [-0.15, -0.1) is 0 Å². The third-order valence-corrected chi connectivity index (χ3v) is 12.1. The molecular weight excluding hydrogens is 591 g/mol. The SMILES string of the molecule is CC1(C)c2ccccc2-c2ccc(N(c3ccc(C4CCCCC4)cc3)c3ccc4c(c3)-c3c(-c5ccccc5)cccc3C4(C)C)cc21. The van der Waals surface area contributed by atoms with Crippen LogP contribution >= 0.6 is 0 Å². The predicted octanol–water partition coefficient (Wildman–Crippen LogP) is 13.5. The molecule has 6 aromatic rings. The molecule has 242 valence electrons. The molecule has 0 atom stereocenters. The van der Waals surface area contributed by atoms with Gasteiger partial charge in [-0.2, -0.15) is 0 Å². The van der Waals surface area contributed by atoms with Crippen LogP contribution in [0.4, 0.5) is 17.1 Å². The summed E-state index contributed by atoms with van der Waals surface area (Å²) < 4.78 is 0. The maximum Gasteiger partial charge on any atom is 0.0468 e. The molecule has 3 aliphatic carbocycles. The van der Waals surface area contributed by atoms with Gasteiger partial charge in [0.05, 0.1) is 0 Å². The molecular formula is C48H45N. The van der Waals surface area contributed by atoms with Gasteiger partial charge in [0.25, 0.3) is 0 Å². The Morgan fingerprint density at radius 1 is 0.449 bits per heavy atom. The van der Waals surface area contributed by atoms with E-state index in [0.717, 1.165) is 0 Å². The van der Waals surface area contributed by atoms with Gasteiger partial charge in [-0.3, -0.25) is 0 Å². The molecule has 1 nitrogen and oxygen atoms in total. The Kier molecular flexibility index (Phi) is 6.99. The van der Waals surface area contributed by atoms with E-state index in [-0.39, 0.29) is 10.8 Å². The van der Waals surface area contributed by atoms with Crippen molar-refractivity contribution in [1.82, 2.24) is 0 Å². The minimum Gasteiger partial charge on any atom is -0.310 e. The Hall–Kier alpha value is -4.88. The van der Waals surface area contributed by atoms with E-state index in [1.807, 2.05) is 0 Å². The van der Waals surface area contributed by atoms with Crippen LogP contribution in [-0.2, 0) is 10.8 Å². The van der Waals surface area contributed by atoms with Crippen LogP contribution in [0, 0.1) is 0 Å². The summed E-state index contributed by atoms with van der Waals surface area (Å²) in [5.74, 6) is 0.686. The third kappa shape index (κ3) is 4.73. The van der Waals surface area contributed by atoms with E-state index in [1.165, 1.54) is 110 Å². The first-order chi connectivity index (χ1) is 23.8. The van der Waals surface area contributed by atoms with Crippen molar-refractivity contribution in [2.75, 3.05) is 4.90 Å². The molecule has 0 heterocycles. The van der Waals surface area contributed by atoms with Gasteiger partial charge in [0, 0.05) is 27.9 Å². The van der Waals surface area contributed by atoms with Crippen LogP contribution < -0.4 is 4.90 Å². The minimum absolute atomic E-state index is 0.0655. The largest absolute Gasteiger partial charge is 0.310 e. The van der Waals surface area contributed by atoms with E-state index in [9.17, 15) is 0 Å². The molecule has 49 heavy (non-hydrogen) atoms. The van der Waals surface area contributed by atoms with Crippen molar-refractivity contribution in [2.45, 2.75) is 76.5 Å². The zero-order valence-electron chi connectivity index (χ0n) is 29.3. The highest BCUT2D eigenvalue weighted by atomic mass is 15.1. The molecule has 0 saturated heterocycles. The summed E-state index contributed by atoms with van der Waals surface area (Å²) in [7, 11) is 0. The number of nitrogens with zero attached hydrogens (tertiary/aromatic N) is 1. The van der Waals surface area contributed by atoms with Crippen molar-refractivity contribution in [3.8, 4) is 33.4 Å². The number of benzene rings is 6. The second-order valence-electron chi connectivity index (χ2n) is 15.6. The lowest BCUT2D eigenvalue weighted by Crippen LogP contribution is -2.17. The van der Waals surface area contributed by atoms with Crippen LogP contribution in [0.2, 0.25) is 0 Å². The van der Waals surface area contributed by atoms with Crippen LogP contribution in [0.25, 0.3) is 33.4 Å². The van der Waals surface area contributed by atoms with Crippen molar-refractivity contribution in [3.63, 3.8) is 0 Å². The highest BCUT2D eigenvalue weighted by Gasteiger charge is 2.38. The van der Waals surface area contributed by atoms with Crippen molar-refractivity contribution in [2.24, 2.45) is 0 Å². The molecule has 9 rings (SSSR count). The Labute approximate surface area is 292 Å². The summed E-state index contributed by atoms with van der Waals surface area (Å²) in [5, 5.41) is 0. The second kappa shape index (κ2) is 11.3. The monoisotopic (exact) mass is 635 g/mol. The van der Waals surface area contributed by atoms with Crippen LogP contribution in [0.1, 0.15) is 93.5 Å². The Morgan fingerprint density at radius 3 is 1.84 bits per heavy atom. The second-order valence-corrected chi connectivity index (χ2v) is 15.6. The molecule has 1 heteroatoms. The van der Waals surface area contributed by atoms with Crippen LogP contribution in [0.5, 0.6) is 0 Å². The number of hydrogen-bond donors (Lipinski definition) is 0. The molecule has 3 aliphatic rings. The fourth-order valence-electron chi connectivity index (χ4n) is 9.40. The van der Waals surface area contributed by atoms with E-state index in [2.05, 4.69) is 166 Å². The minimum atomic E-state index is -0.0795. The van der Waals surface area contributed by atoms with Crippen molar-refractivity contribution >= 4 is 17.1 Å². The average Bonchev–Trinajstić information content (AvgIpc) is 3.52. The van der Waals surface area contributed by atoms with Crippen LogP contribution in [0.15, 0.2) is 133 Å². The molecule has 1 saturated carbocycles. The zero-order valence-corrected chi connectivity index (χ0v) is 29.3. The summed E-state index contributed by atoms with van der Waals surface area (Å²) in [5.41, 5.74) is 18.6. The summed E-state index contributed by atoms with van der Waals surface area (Å²) in [4.78, 5) is 2.50. The number of rotatable bonds is 5. The summed E-state index contributed by atoms with van der Waals surface area (Å²) >= 11 is 0. The highest BCUT2D eigenvalue weighted by Crippen LogP contribution is 2.55. The van der Waals surface area contributed by atoms with E-state index in [1.54, 1.807) is 0 Å². The van der Waals surface area contributed by atoms with Gasteiger partial charge in [-0.25, -0.2) is 0 Å². The third-order valence-electron chi connectivity index (χ3n) is 12.1. The van der Waals surface area contributed by atoms with E-state index < -0.39 is 0 Å². The Balaban J connectivity index is 1.22. The lowest BCUT2D eigenvalue weighted by atomic mass is 9.82. The molecule has 0 unspecified atom stereocenters. The summed E-state index contributed by atoms with van der Waals surface area (Å²) in [6.45, 7) is 9.52. The van der Waals surface area contributed by atoms with Gasteiger partial charge >= 0.3 is 0 Å². The zero-order chi connectivity index (χ0) is 33.3. The normalized spacial score (nSPS) is 16.8. The molecule has 0 radical (unpaired) electrons. The highest BCUT2D eigenvalue weighted by molar-refractivity contribution is 5.95. The van der Waals surface area contributed by atoms with Crippen molar-refractivity contribution in [1.29, 1.82) is 0 Å². The van der Waals surface area contributed by atoms with E-state index >= 15 is 0 Å². The van der Waals surface area contributed by atoms with E-state index in [0.29, 0.717) is 5.92 Å². The molecule has 0 N–H and O–H groups in total. The van der Waals surface area contributed by atoms with Crippen LogP contribution in [-0.4, -0.2) is 0 Å². The van der Waals surface area contributed by atoms with Gasteiger partial charge in [0.15, 0.2) is 0 Å². The van der Waals surface area contributed by atoms with Crippen LogP contribution in [0.3, 0.4) is 0 Å². The molecule has 6 aromatic carbocycles. The smallest absolute Gasteiger partial charge is 0.0468 e. The van der Waals surface area contributed by atoms with Gasteiger partial charge in [-0.05, 0) is 116 Å². The van der Waals surface area contributed by atoms with Crippen molar-refractivity contribution < 1.29 is 0 Å². The number of fused-ring (bicyclic) bond motifs is 6. The average molecular weight is 636 g/mol. The topological polar surface area (TPSA) is 3.24 Å². The lowest BCUT2D eigenvalue weighted by molar-refractivity contribution is 0.443. The Morgan fingerprint density at radius 2 is 1.04 bits per heavy atom. The molecule has 1 fully saturated rings. The molecule has 0 amide bonds. The van der Waals surface area contributed by atoms with Gasteiger partial charge in [-0.1, -0.05) is 144 Å². The molecule has 0 bridgehead atoms. The molecule has 0 aliphatic heterocycles. The number of anilines is 3. The first-order valence-corrected chi connectivity index (χ1v) is 18.3. The van der Waals surface area contributed by atoms with E-state index in [4.69, 9.17) is 0 Å². The fourth-order valence-corrected chi connectivity index (χ4v) is 9.40. The number of hydrogen-bond acceptors (Lipinski definition) is 1. The summed E-state index contributed by atoms with van der Waals surface area (Å²) in [6.07, 6.45) is 6.71. The first-order valence-electron chi connectivity index (χ1n) is 18.3. The Bertz CT molecular complexity index is 2200. The van der Waals surface area contributed by atoms with Gasteiger partial charge < -0.3 is 4.90 Å². The maximum atomic E-state index is 2.50. The van der Waals surface area contributed by atoms with Gasteiger partial charge in [0.2, 0.25) is 0 Å². The standard InChI is InChI=1S/C48H45N/c1-47(2)43-29-27-36(30-41(43)46-38(19-13-21-44(46)47)34-16-9-6-10-17-34)49(35-24-22-33(23-25-35)32-14-7-5-8-15-32)37-26-28-40-39-18-11-12-20-42(39)48(3,4)45(40)31-37/h6,9-13,16-32H,5,7-8,14-15H2,1-4H3. The first kappa shape index (κ1) is 30.2. The fraction of sp³-hybridized carbons (Fsp3) is 0.250. The lowest BCUT2D eigenvalue weighted by Gasteiger charge is -2.29. The predicted molar refractivity (Wildman–Crippen MR) is 208 cm³/mol. The van der Waals surface area contributed by atoms with Crippen molar-refractivity contribution in [3.05, 3.63) is 161 Å². The quantitative estimate of drug-likeness (QED) is 0.182. The molecule has 0 spiro atoms. The summed E-state index contributed by atoms with van der Waals surface area (Å²) in [6, 6.07) is 50.7. The molecule has 0 aromatic heterocycles. The van der Waals surface area contributed by atoms with Gasteiger partial charge in [0.1, 0.15) is 0 Å². The maximum absolute atomic E-state index is 2.50.